The van der Waals surface area contributed by atoms with Crippen LogP contribution in [0.5, 0.6) is 0 Å². The average molecular weight is 516 g/mol. The van der Waals surface area contributed by atoms with Crippen molar-refractivity contribution in [2.75, 3.05) is 13.7 Å². The van der Waals surface area contributed by atoms with Crippen LogP contribution in [0.15, 0.2) is 28.9 Å². The first-order chi connectivity index (χ1) is 14.1. The monoisotopic (exact) mass is 514 g/mol. The molecular weight excluding hydrogens is 480 g/mol. The van der Waals surface area contributed by atoms with Gasteiger partial charge in [0.1, 0.15) is 22.9 Å². The minimum atomic E-state index is -1.83. The molecule has 0 fully saturated rings. The summed E-state index contributed by atoms with van der Waals surface area (Å²) < 4.78 is 15.1. The summed E-state index contributed by atoms with van der Waals surface area (Å²) in [5.41, 5.74) is 3.73. The maximum absolute atomic E-state index is 6.71. The molecule has 4 nitrogen and oxygen atoms in total. The molecule has 0 atom stereocenters. The van der Waals surface area contributed by atoms with Crippen LogP contribution in [-0.4, -0.2) is 31.6 Å². The van der Waals surface area contributed by atoms with Gasteiger partial charge in [0.25, 0.3) is 0 Å². The predicted octanol–water partition coefficient (Wildman–Crippen LogP) is 7.69. The molecule has 0 aliphatic rings. The molecule has 0 saturated heterocycles. The highest BCUT2D eigenvalue weighted by atomic mass is 79.9. The lowest BCUT2D eigenvalue weighted by Crippen LogP contribution is -2.48. The van der Waals surface area contributed by atoms with E-state index in [1.165, 1.54) is 0 Å². The zero-order chi connectivity index (χ0) is 22.5. The maximum Gasteiger partial charge on any atom is 0.200 e. The van der Waals surface area contributed by atoms with E-state index in [1.807, 2.05) is 24.3 Å². The lowest BCUT2D eigenvalue weighted by molar-refractivity contribution is 0.126. The van der Waals surface area contributed by atoms with E-state index in [-0.39, 0.29) is 0 Å². The van der Waals surface area contributed by atoms with Crippen molar-refractivity contribution in [3.8, 4) is 11.3 Å². The predicted molar refractivity (Wildman–Crippen MR) is 133 cm³/mol. The van der Waals surface area contributed by atoms with Crippen LogP contribution in [0.25, 0.3) is 11.3 Å². The van der Waals surface area contributed by atoms with Crippen molar-refractivity contribution in [1.29, 1.82) is 0 Å². The van der Waals surface area contributed by atoms with Gasteiger partial charge in [-0.05, 0) is 51.1 Å². The lowest BCUT2D eigenvalue weighted by Gasteiger charge is -2.42. The Labute approximate surface area is 196 Å². The number of aromatic nitrogens is 2. The van der Waals surface area contributed by atoms with Gasteiger partial charge in [0.05, 0.1) is 0 Å². The number of halogens is 2. The first-order valence-electron chi connectivity index (χ1n) is 10.8. The normalized spacial score (nSPS) is 12.5. The minimum Gasteiger partial charge on any atom is -0.416 e. The summed E-state index contributed by atoms with van der Waals surface area (Å²) in [6.07, 6.45) is 1.78. The summed E-state index contributed by atoms with van der Waals surface area (Å²) in [5, 5.41) is 0.719. The molecule has 0 radical (unpaired) electrons. The second-order valence-electron chi connectivity index (χ2n) is 8.79. The molecule has 0 aliphatic heterocycles. The molecule has 30 heavy (non-hydrogen) atoms. The molecule has 0 aliphatic carbocycles. The van der Waals surface area contributed by atoms with Gasteiger partial charge in [-0.2, -0.15) is 0 Å². The third kappa shape index (κ3) is 5.57. The van der Waals surface area contributed by atoms with Crippen LogP contribution in [0.3, 0.4) is 0 Å². The lowest BCUT2D eigenvalue weighted by atomic mass is 10.2. The van der Waals surface area contributed by atoms with Crippen molar-refractivity contribution >= 4 is 35.8 Å². The molecule has 7 heteroatoms. The Kier molecular flexibility index (Phi) is 9.62. The summed E-state index contributed by atoms with van der Waals surface area (Å²) in [4.78, 5) is 4.92. The highest BCUT2D eigenvalue weighted by Gasteiger charge is 2.44. The molecular formula is C23H36BrClN2O2Si. The maximum atomic E-state index is 6.71. The number of nitrogens with zero attached hydrogens (tertiary/aromatic N) is 2. The van der Waals surface area contributed by atoms with Crippen LogP contribution in [0.4, 0.5) is 0 Å². The van der Waals surface area contributed by atoms with Gasteiger partial charge >= 0.3 is 0 Å². The summed E-state index contributed by atoms with van der Waals surface area (Å²) in [6.45, 7) is 15.2. The van der Waals surface area contributed by atoms with E-state index < -0.39 is 8.32 Å². The van der Waals surface area contributed by atoms with Crippen molar-refractivity contribution in [3.63, 3.8) is 0 Å². The number of rotatable bonds is 11. The third-order valence-corrected chi connectivity index (χ3v) is 13.1. The number of aryl methyl sites for hydroxylation is 1. The molecule has 0 amide bonds. The molecule has 2 aromatic rings. The average Bonchev–Trinajstić information content (AvgIpc) is 2.98. The van der Waals surface area contributed by atoms with Crippen molar-refractivity contribution in [2.45, 2.75) is 77.7 Å². The number of benzene rings is 1. The standard InChI is InChI=1S/C23H36BrClN2O2Si/c1-16(2)30(17(3)4,18(5)6)29-14-8-9-21-26-22(23(24)27(21)15-28-7)19-10-12-20(25)13-11-19/h10-13,16-18H,8-9,14-15H2,1-7H3. The summed E-state index contributed by atoms with van der Waals surface area (Å²) in [7, 11) is -0.128. The number of hydrogen-bond acceptors (Lipinski definition) is 3. The van der Waals surface area contributed by atoms with E-state index in [0.29, 0.717) is 23.4 Å². The Morgan fingerprint density at radius 1 is 1.03 bits per heavy atom. The second-order valence-corrected chi connectivity index (χ2v) is 15.4. The van der Waals surface area contributed by atoms with E-state index in [0.717, 1.165) is 46.2 Å². The molecule has 1 aromatic carbocycles. The number of hydrogen-bond donors (Lipinski definition) is 0. The van der Waals surface area contributed by atoms with Gasteiger partial charge in [-0.25, -0.2) is 4.98 Å². The van der Waals surface area contributed by atoms with Crippen LogP contribution < -0.4 is 0 Å². The van der Waals surface area contributed by atoms with Crippen molar-refractivity contribution in [1.82, 2.24) is 9.55 Å². The fraction of sp³-hybridized carbons (Fsp3) is 0.609. The number of imidazole rings is 1. The molecule has 1 heterocycles. The van der Waals surface area contributed by atoms with Gasteiger partial charge in [-0.3, -0.25) is 4.57 Å². The van der Waals surface area contributed by atoms with E-state index in [1.54, 1.807) is 7.11 Å². The van der Waals surface area contributed by atoms with Crippen LogP contribution in [0.2, 0.25) is 21.6 Å². The molecule has 0 spiro atoms. The van der Waals surface area contributed by atoms with E-state index in [4.69, 9.17) is 25.7 Å². The van der Waals surface area contributed by atoms with Crippen molar-refractivity contribution in [2.24, 2.45) is 0 Å². The van der Waals surface area contributed by atoms with Crippen LogP contribution in [0.1, 0.15) is 53.8 Å². The van der Waals surface area contributed by atoms with Gasteiger partial charge in [0, 0.05) is 30.7 Å². The Morgan fingerprint density at radius 3 is 2.10 bits per heavy atom. The number of methoxy groups -OCH3 is 1. The van der Waals surface area contributed by atoms with Crippen LogP contribution >= 0.6 is 27.5 Å². The molecule has 0 N–H and O–H groups in total. The highest BCUT2D eigenvalue weighted by Crippen LogP contribution is 2.42. The van der Waals surface area contributed by atoms with Gasteiger partial charge in [-0.15, -0.1) is 0 Å². The highest BCUT2D eigenvalue weighted by molar-refractivity contribution is 9.10. The quantitative estimate of drug-likeness (QED) is 0.227. The summed E-state index contributed by atoms with van der Waals surface area (Å²) in [5.74, 6) is 1.00. The second kappa shape index (κ2) is 11.3. The topological polar surface area (TPSA) is 36.3 Å². The van der Waals surface area contributed by atoms with Gasteiger partial charge in [0.2, 0.25) is 0 Å². The molecule has 0 saturated carbocycles. The molecule has 0 unspecified atom stereocenters. The summed E-state index contributed by atoms with van der Waals surface area (Å²) >= 11 is 9.76. The van der Waals surface area contributed by atoms with Crippen LogP contribution in [-0.2, 0) is 22.3 Å². The first kappa shape index (κ1) is 25.6. The van der Waals surface area contributed by atoms with Crippen molar-refractivity contribution < 1.29 is 9.16 Å². The largest absolute Gasteiger partial charge is 0.416 e. The first-order valence-corrected chi connectivity index (χ1v) is 14.1. The minimum absolute atomic E-state index is 0.458. The number of ether oxygens (including phenoxy) is 1. The fourth-order valence-electron chi connectivity index (χ4n) is 4.70. The Morgan fingerprint density at radius 2 is 1.60 bits per heavy atom. The zero-order valence-corrected chi connectivity index (χ0v) is 22.7. The van der Waals surface area contributed by atoms with E-state index in [9.17, 15) is 0 Å². The summed E-state index contributed by atoms with van der Waals surface area (Å²) in [6, 6.07) is 7.76. The molecule has 0 bridgehead atoms. The van der Waals surface area contributed by atoms with Gasteiger partial charge in [0.15, 0.2) is 8.32 Å². The Hall–Kier alpha value is -0.663. The molecule has 168 valence electrons. The van der Waals surface area contributed by atoms with E-state index >= 15 is 0 Å². The molecule has 2 rings (SSSR count). The van der Waals surface area contributed by atoms with Crippen LogP contribution in [0, 0.1) is 0 Å². The fourth-order valence-corrected chi connectivity index (χ4v) is 10.9. The van der Waals surface area contributed by atoms with E-state index in [2.05, 4.69) is 62.0 Å². The van der Waals surface area contributed by atoms with Gasteiger partial charge in [-0.1, -0.05) is 65.3 Å². The third-order valence-electron chi connectivity index (χ3n) is 5.96. The Balaban J connectivity index is 2.16. The smallest absolute Gasteiger partial charge is 0.200 e. The zero-order valence-electron chi connectivity index (χ0n) is 19.3. The Bertz CT molecular complexity index is 785. The SMILES string of the molecule is COCn1c(CCCO[Si](C(C)C)(C(C)C)C(C)C)nc(-c2ccc(Cl)cc2)c1Br. The van der Waals surface area contributed by atoms with Crippen molar-refractivity contribution in [3.05, 3.63) is 39.7 Å². The van der Waals surface area contributed by atoms with Gasteiger partial charge < -0.3 is 9.16 Å². The molecule has 1 aromatic heterocycles.